The standard InChI is InChI=1S/C53H67N9O10S.C34H50N4O9S/c1-6-37-50(68)61-23-11-14-38(61)51(69)59(5)40(26-32-16-18-36(19-17-32)58(3)4)52(70)62-28-35(30-73-43-29-60-24-20-33(43)21-25-60)42(64)27-39(62)47(65)57-45(34-12-8-7-9-13-34)53(71)72-31(2)44(48(66)55-37)56-49(67)46-41(63)15-10-22-54-46;1-7-37(8-2)16-17-48(44,45)28-13-15-38-31(28)34(43)47-32(22(3)4)24(6)11-12-29(41)35-14-9-10-23(5)18-25(39)19-26(40)20-30-36-27(21-46-30)33(38)42/h7-10,12-13,15-19,22,31,33,35,37-40,43-45,63H,6,11,14,20-21,23-30H2,1-5H3,(H,55,66)(H,56,67)(H,57,65);9-12,18,21-22,24-25,28,31-32,39H,7-8,13-17,19-20H2,1-6H3,(H,35,41)/b;10-9+,12-11+,23-18+/t31-,35+,37-,38+,39?,40+,43-,44+,45+;24-,25-,28-,31-,32-/m11/s1. The van der Waals surface area contributed by atoms with Crippen LogP contribution in [0, 0.1) is 23.7 Å². The Morgan fingerprint density at radius 3 is 2.17 bits per heavy atom. The summed E-state index contributed by atoms with van der Waals surface area (Å²) in [6.07, 6.45) is 9.09. The number of sulfone groups is 1. The van der Waals surface area contributed by atoms with E-state index < -0.39 is 152 Å². The number of ether oxygens (including phenoxy) is 2. The number of hydrogen-bond donors (Lipinski definition) is 6. The lowest BCUT2D eigenvalue weighted by molar-refractivity contribution is -0.158. The number of esters is 2. The van der Waals surface area contributed by atoms with Crippen molar-refractivity contribution in [3.8, 4) is 5.75 Å². The number of aromatic hydroxyl groups is 1. The number of amides is 8. The topological polar surface area (TPSA) is 408 Å². The molecule has 8 aliphatic heterocycles. The van der Waals surface area contributed by atoms with Gasteiger partial charge in [-0.25, -0.2) is 28.0 Å². The number of allylic oxidation sites excluding steroid dienone is 2. The first-order valence-electron chi connectivity index (χ1n) is 41.9. The first-order valence-corrected chi connectivity index (χ1v) is 44.7. The number of aliphatic hydroxyl groups is 1. The number of fused-ring (bicyclic) bond motifs is 8. The Labute approximate surface area is 711 Å². The summed E-state index contributed by atoms with van der Waals surface area (Å²) in [5, 5.41) is 30.8. The fourth-order valence-electron chi connectivity index (χ4n) is 16.8. The molecular weight excluding hydrogens is 1600 g/mol. The molecule has 8 aliphatic rings. The molecule has 0 aliphatic carbocycles. The highest BCUT2D eigenvalue weighted by atomic mass is 32.2. The molecule has 4 bridgehead atoms. The van der Waals surface area contributed by atoms with E-state index in [2.05, 4.69) is 36.1 Å². The summed E-state index contributed by atoms with van der Waals surface area (Å²) in [5.41, 5.74) is 1.99. The second-order valence-electron chi connectivity index (χ2n) is 32.8. The number of ketones is 2. The molecule has 0 spiro atoms. The lowest BCUT2D eigenvalue weighted by atomic mass is 9.88. The van der Waals surface area contributed by atoms with Gasteiger partial charge in [-0.05, 0) is 132 Å². The number of Topliss-reactive ketones (excluding diaryl/α,β-unsaturated/α-hetero) is 2. The van der Waals surface area contributed by atoms with Gasteiger partial charge in [0.15, 0.2) is 27.3 Å². The van der Waals surface area contributed by atoms with Gasteiger partial charge in [0.2, 0.25) is 41.3 Å². The van der Waals surface area contributed by atoms with Gasteiger partial charge in [-0.3, -0.25) is 47.9 Å². The van der Waals surface area contributed by atoms with Gasteiger partial charge in [0.1, 0.15) is 72.0 Å². The van der Waals surface area contributed by atoms with Gasteiger partial charge in [0.05, 0.1) is 23.5 Å². The zero-order valence-corrected chi connectivity index (χ0v) is 72.5. The van der Waals surface area contributed by atoms with Crippen molar-refractivity contribution in [2.45, 2.75) is 191 Å². The van der Waals surface area contributed by atoms with E-state index in [-0.39, 0.29) is 124 Å². The average Bonchev–Trinajstić information content (AvgIpc) is 1.69. The summed E-state index contributed by atoms with van der Waals surface area (Å²) in [4.78, 5) is 190. The lowest BCUT2D eigenvalue weighted by Crippen LogP contribution is -2.63. The maximum Gasteiger partial charge on any atom is 0.333 e. The van der Waals surface area contributed by atoms with Crippen molar-refractivity contribution in [1.82, 2.24) is 60.6 Å². The molecule has 8 amide bonds. The number of cyclic esters (lactones) is 2. The smallest absolute Gasteiger partial charge is 0.333 e. The molecule has 7 fully saturated rings. The number of likely N-dealkylation sites (N-methyl/N-ethyl adjacent to an activating group) is 1. The van der Waals surface area contributed by atoms with Gasteiger partial charge < -0.3 is 79.7 Å². The number of carbonyl (C=O) groups excluding carboxylic acids is 12. The summed E-state index contributed by atoms with van der Waals surface area (Å²) in [6.45, 7) is 19.0. The minimum Gasteiger partial charge on any atom is -0.505 e. The predicted molar refractivity (Wildman–Crippen MR) is 452 cm³/mol. The van der Waals surface area contributed by atoms with Crippen LogP contribution in [-0.2, 0) is 80.1 Å². The number of nitrogens with one attached hydrogen (secondary N) is 4. The molecule has 34 heteroatoms. The molecule has 12 rings (SSSR count). The largest absolute Gasteiger partial charge is 0.505 e. The Morgan fingerprint density at radius 1 is 0.785 bits per heavy atom. The number of nitrogens with zero attached hydrogens (tertiary/aromatic N) is 9. The van der Waals surface area contributed by atoms with Crippen molar-refractivity contribution in [2.24, 2.45) is 23.7 Å². The summed E-state index contributed by atoms with van der Waals surface area (Å²) in [7, 11) is 1.46. The zero-order chi connectivity index (χ0) is 87.7. The molecule has 0 radical (unpaired) electrons. The van der Waals surface area contributed by atoms with Gasteiger partial charge in [0.25, 0.3) is 11.8 Å². The maximum atomic E-state index is 15.7. The molecule has 121 heavy (non-hydrogen) atoms. The first kappa shape index (κ1) is 93.1. The Bertz CT molecular complexity index is 4590. The first-order chi connectivity index (χ1) is 57.7. The van der Waals surface area contributed by atoms with E-state index in [4.69, 9.17) is 13.9 Å². The molecule has 32 nitrogen and oxygen atoms in total. The third-order valence-electron chi connectivity index (χ3n) is 23.8. The average molecular weight is 1710 g/mol. The van der Waals surface area contributed by atoms with Crippen molar-refractivity contribution in [1.29, 1.82) is 0 Å². The Kier molecular flexibility index (Phi) is 32.8. The molecule has 2 aromatic heterocycles. The molecule has 4 aromatic rings. The highest BCUT2D eigenvalue weighted by Crippen LogP contribution is 2.38. The number of thioether (sulfide) groups is 1. The molecule has 2 aromatic carbocycles. The number of piperidine rings is 4. The van der Waals surface area contributed by atoms with E-state index >= 15 is 14.4 Å². The van der Waals surface area contributed by atoms with Crippen LogP contribution in [0.3, 0.4) is 0 Å². The molecule has 10 heterocycles. The van der Waals surface area contributed by atoms with Gasteiger partial charge in [-0.15, -0.1) is 0 Å². The van der Waals surface area contributed by atoms with Gasteiger partial charge in [-0.2, -0.15) is 11.8 Å². The van der Waals surface area contributed by atoms with Crippen LogP contribution in [0.5, 0.6) is 5.75 Å². The highest BCUT2D eigenvalue weighted by molar-refractivity contribution is 8.00. The number of benzene rings is 2. The van der Waals surface area contributed by atoms with Crippen molar-refractivity contribution in [3.63, 3.8) is 0 Å². The normalized spacial score (nSPS) is 28.9. The van der Waals surface area contributed by atoms with Crippen LogP contribution >= 0.6 is 11.8 Å². The molecule has 656 valence electrons. The quantitative estimate of drug-likeness (QED) is 0.0787. The van der Waals surface area contributed by atoms with E-state index in [0.717, 1.165) is 54.9 Å². The number of carbonyl (C=O) groups is 12. The van der Waals surface area contributed by atoms with Gasteiger partial charge in [0, 0.05) is 114 Å². The van der Waals surface area contributed by atoms with Crippen molar-refractivity contribution < 1.29 is 90.1 Å². The number of anilines is 1. The fraction of sp³-hybridized carbons (Fsp3) is 0.563. The number of oxazole rings is 1. The number of aliphatic hydroxyl groups excluding tert-OH is 1. The fourth-order valence-corrected chi connectivity index (χ4v) is 20.3. The van der Waals surface area contributed by atoms with Gasteiger partial charge in [-0.1, -0.05) is 114 Å². The second kappa shape index (κ2) is 42.6. The molecule has 7 saturated heterocycles. The monoisotopic (exact) mass is 1710 g/mol. The number of rotatable bonds is 17. The highest BCUT2D eigenvalue weighted by Gasteiger charge is 2.52. The summed E-state index contributed by atoms with van der Waals surface area (Å²) in [6, 6.07) is 8.81. The van der Waals surface area contributed by atoms with Crippen LogP contribution in [0.4, 0.5) is 5.69 Å². The Hall–Kier alpha value is -10.2. The molecular formula is C87H117N13O19S2. The van der Waals surface area contributed by atoms with Crippen LogP contribution in [0.25, 0.3) is 0 Å². The van der Waals surface area contributed by atoms with Crippen molar-refractivity contribution in [2.75, 3.05) is 103 Å². The molecule has 1 unspecified atom stereocenters. The predicted octanol–water partition coefficient (Wildman–Crippen LogP) is 4.59. The third-order valence-corrected chi connectivity index (χ3v) is 27.5. The van der Waals surface area contributed by atoms with Gasteiger partial charge >= 0.3 is 11.9 Å². The van der Waals surface area contributed by atoms with Crippen LogP contribution in [0.2, 0.25) is 0 Å². The van der Waals surface area contributed by atoms with Crippen LogP contribution < -0.4 is 26.2 Å². The number of pyridine rings is 1. The zero-order valence-electron chi connectivity index (χ0n) is 70.9. The lowest BCUT2D eigenvalue weighted by Gasteiger charge is -2.45. The summed E-state index contributed by atoms with van der Waals surface area (Å²) < 4.78 is 44.9. The number of hydrogen-bond acceptors (Lipinski definition) is 25. The van der Waals surface area contributed by atoms with Crippen molar-refractivity contribution >= 4 is 98.0 Å². The summed E-state index contributed by atoms with van der Waals surface area (Å²) in [5.74, 6) is -9.05. The Balaban J connectivity index is 0.000000278. The molecule has 0 saturated carbocycles. The number of aromatic nitrogens is 2. The Morgan fingerprint density at radius 2 is 1.50 bits per heavy atom. The second-order valence-corrected chi connectivity index (χ2v) is 36.4. The van der Waals surface area contributed by atoms with Crippen LogP contribution in [-0.4, -0.2) is 292 Å². The van der Waals surface area contributed by atoms with Crippen LogP contribution in [0.15, 0.2) is 120 Å². The molecule has 6 N–H and O–H groups in total. The van der Waals surface area contributed by atoms with Crippen LogP contribution in [0.1, 0.15) is 151 Å². The maximum absolute atomic E-state index is 15.7. The third kappa shape index (κ3) is 23.8. The van der Waals surface area contributed by atoms with E-state index in [0.29, 0.717) is 42.0 Å². The van der Waals surface area contributed by atoms with E-state index in [1.807, 2.05) is 75.9 Å². The van der Waals surface area contributed by atoms with Crippen molar-refractivity contribution in [3.05, 3.63) is 144 Å². The minimum absolute atomic E-state index is 0.0243. The van der Waals surface area contributed by atoms with E-state index in [9.17, 15) is 61.8 Å². The molecule has 14 atom stereocenters. The summed E-state index contributed by atoms with van der Waals surface area (Å²) >= 11 is 1.73. The SMILES string of the molecule is CCN(CC)CCS(=O)(=O)[C@@H]1CCN2C(=O)c3coc(n3)CC(=O)C[C@H](O)/C=C(C)/C=C/CNC(=O)/C=C/[C@@H](C)[C@@H](C(C)C)OC(=O)[C@@H]12.CC[C@H]1NC(=O)[C@@H](NC(=O)c2ncccc2O)[C@@H](C)OC(=O)[C@H](c2ccccc2)NC(=O)C2CC(=O)[C@H](CS[C@@H]3CN4CCC3CC4)CN2C(=O)[C@H](Cc2ccc(N(C)C)cc2)N(C)C(=O)[C@@H]2CCCN2C1=O. The van der Waals surface area contributed by atoms with E-state index in [1.54, 1.807) is 81.1 Å². The minimum atomic E-state index is -3.87. The van der Waals surface area contributed by atoms with E-state index in [1.165, 1.54) is 59.2 Å².